The first-order valence-corrected chi connectivity index (χ1v) is 12.5. The van der Waals surface area contributed by atoms with E-state index in [1.807, 2.05) is 13.8 Å². The largest absolute Gasteiger partial charge is 0.341 e. The minimum atomic E-state index is -0.548. The van der Waals surface area contributed by atoms with Crippen molar-refractivity contribution < 1.29 is 9.85 Å². The summed E-state index contributed by atoms with van der Waals surface area (Å²) in [5, 5.41) is 48.9. The van der Waals surface area contributed by atoms with Gasteiger partial charge in [0.05, 0.1) is 21.0 Å². The Morgan fingerprint density at radius 1 is 0.711 bits per heavy atom. The van der Waals surface area contributed by atoms with Gasteiger partial charge in [-0.2, -0.15) is 10.5 Å². The van der Waals surface area contributed by atoms with Gasteiger partial charge in [-0.3, -0.25) is 20.2 Å². The summed E-state index contributed by atoms with van der Waals surface area (Å²) < 4.78 is 0. The van der Waals surface area contributed by atoms with Gasteiger partial charge in [0.15, 0.2) is 0 Å². The van der Waals surface area contributed by atoms with Crippen molar-refractivity contribution in [2.75, 3.05) is 10.6 Å². The Kier molecular flexibility index (Phi) is 7.36. The number of hydrogen-bond acceptors (Lipinski definition) is 10. The summed E-state index contributed by atoms with van der Waals surface area (Å²) in [6.45, 7) is 3.67. The SMILES string of the molecule is Cc1cc(C#N)c(Nc2ccc(C#Cc3ccc(Nc4sc(C)cc4C#N)c([N+](=O)[O-])c3)cc2[N+](=O)[O-])s1. The number of nitro groups is 2. The van der Waals surface area contributed by atoms with Gasteiger partial charge in [0.25, 0.3) is 11.4 Å². The van der Waals surface area contributed by atoms with Gasteiger partial charge in [-0.1, -0.05) is 11.8 Å². The quantitative estimate of drug-likeness (QED) is 0.152. The number of nitrogens with one attached hydrogen (secondary N) is 2. The van der Waals surface area contributed by atoms with E-state index in [0.717, 1.165) is 9.75 Å². The van der Waals surface area contributed by atoms with Crippen molar-refractivity contribution in [3.63, 3.8) is 0 Å². The number of nitriles is 2. The fourth-order valence-electron chi connectivity index (χ4n) is 3.50. The second kappa shape index (κ2) is 10.8. The first-order chi connectivity index (χ1) is 18.2. The lowest BCUT2D eigenvalue weighted by Crippen LogP contribution is -1.98. The monoisotopic (exact) mass is 540 g/mol. The predicted octanol–water partition coefficient (Wildman–Crippen LogP) is 6.87. The van der Waals surface area contributed by atoms with Crippen molar-refractivity contribution >= 4 is 55.4 Å². The molecule has 186 valence electrons. The standard InChI is InChI=1S/C26H16N6O4S2/c1-15-9-19(13-27)25(37-15)29-21-7-5-17(11-23(21)31(33)34)3-4-18-6-8-22(24(12-18)32(35)36)30-26-20(14-28)10-16(2)38-26/h5-12,29-30H,1-2H3. The van der Waals surface area contributed by atoms with Crippen molar-refractivity contribution in [2.24, 2.45) is 0 Å². The molecule has 0 amide bonds. The van der Waals surface area contributed by atoms with Gasteiger partial charge in [0, 0.05) is 33.0 Å². The molecular formula is C26H16N6O4S2. The highest BCUT2D eigenvalue weighted by atomic mass is 32.1. The van der Waals surface area contributed by atoms with E-state index in [0.29, 0.717) is 32.3 Å². The molecule has 0 radical (unpaired) electrons. The molecule has 0 fully saturated rings. The van der Waals surface area contributed by atoms with E-state index < -0.39 is 9.85 Å². The molecule has 0 aliphatic rings. The summed E-state index contributed by atoms with van der Waals surface area (Å²) in [4.78, 5) is 24.1. The number of aryl methyl sites for hydroxylation is 2. The normalized spacial score (nSPS) is 10.0. The highest BCUT2D eigenvalue weighted by molar-refractivity contribution is 7.16. The van der Waals surface area contributed by atoms with Gasteiger partial charge in [-0.15, -0.1) is 22.7 Å². The van der Waals surface area contributed by atoms with Crippen LogP contribution in [0.2, 0.25) is 0 Å². The Morgan fingerprint density at radius 3 is 1.45 bits per heavy atom. The van der Waals surface area contributed by atoms with Crippen LogP contribution in [0.4, 0.5) is 32.8 Å². The molecule has 2 heterocycles. The summed E-state index contributed by atoms with van der Waals surface area (Å²) in [7, 11) is 0. The summed E-state index contributed by atoms with van der Waals surface area (Å²) in [5.74, 6) is 5.63. The molecule has 0 unspecified atom stereocenters. The van der Waals surface area contributed by atoms with E-state index in [1.165, 1.54) is 46.9 Å². The third kappa shape index (κ3) is 5.61. The maximum Gasteiger partial charge on any atom is 0.293 e. The highest BCUT2D eigenvalue weighted by Gasteiger charge is 2.18. The molecule has 0 spiro atoms. The maximum atomic E-state index is 11.7. The van der Waals surface area contributed by atoms with Crippen molar-refractivity contribution in [3.05, 3.63) is 101 Å². The zero-order chi connectivity index (χ0) is 27.4. The fourth-order valence-corrected chi connectivity index (χ4v) is 5.25. The molecule has 0 aliphatic heterocycles. The Bertz CT molecular complexity index is 1620. The van der Waals surface area contributed by atoms with Gasteiger partial charge < -0.3 is 10.6 Å². The third-order valence-electron chi connectivity index (χ3n) is 5.19. The van der Waals surface area contributed by atoms with Crippen LogP contribution in [0.15, 0.2) is 48.5 Å². The summed E-state index contributed by atoms with van der Waals surface area (Å²) in [6.07, 6.45) is 0. The highest BCUT2D eigenvalue weighted by Crippen LogP contribution is 2.35. The van der Waals surface area contributed by atoms with Crippen LogP contribution in [0.1, 0.15) is 32.0 Å². The van der Waals surface area contributed by atoms with Crippen molar-refractivity contribution in [1.29, 1.82) is 10.5 Å². The van der Waals surface area contributed by atoms with Crippen LogP contribution in [0.3, 0.4) is 0 Å². The molecule has 4 rings (SSSR count). The van der Waals surface area contributed by atoms with E-state index in [-0.39, 0.29) is 22.7 Å². The van der Waals surface area contributed by atoms with Gasteiger partial charge in [0.2, 0.25) is 0 Å². The van der Waals surface area contributed by atoms with Crippen molar-refractivity contribution in [1.82, 2.24) is 0 Å². The second-order valence-electron chi connectivity index (χ2n) is 7.90. The summed E-state index contributed by atoms with van der Waals surface area (Å²) in [5.41, 5.74) is 1.43. The smallest absolute Gasteiger partial charge is 0.293 e. The average molecular weight is 541 g/mol. The van der Waals surface area contributed by atoms with Gasteiger partial charge in [-0.05, 0) is 50.2 Å². The Morgan fingerprint density at radius 2 is 1.11 bits per heavy atom. The first-order valence-electron chi connectivity index (χ1n) is 10.8. The third-order valence-corrected chi connectivity index (χ3v) is 7.12. The zero-order valence-electron chi connectivity index (χ0n) is 19.9. The molecule has 12 heteroatoms. The number of nitro benzene ring substituents is 2. The van der Waals surface area contributed by atoms with E-state index in [1.54, 1.807) is 24.3 Å². The Balaban J connectivity index is 1.63. The predicted molar refractivity (Wildman–Crippen MR) is 146 cm³/mol. The van der Waals surface area contributed by atoms with Crippen LogP contribution in [0.25, 0.3) is 0 Å². The van der Waals surface area contributed by atoms with E-state index in [2.05, 4.69) is 34.6 Å². The van der Waals surface area contributed by atoms with Gasteiger partial charge >= 0.3 is 0 Å². The molecule has 0 bridgehead atoms. The molecule has 0 aliphatic carbocycles. The van der Waals surface area contributed by atoms with Crippen LogP contribution in [-0.2, 0) is 0 Å². The van der Waals surface area contributed by atoms with Crippen LogP contribution < -0.4 is 10.6 Å². The van der Waals surface area contributed by atoms with Crippen LogP contribution in [0.5, 0.6) is 0 Å². The molecule has 2 aromatic heterocycles. The van der Waals surface area contributed by atoms with Gasteiger partial charge in [-0.25, -0.2) is 0 Å². The van der Waals surface area contributed by atoms with Gasteiger partial charge in [0.1, 0.15) is 33.5 Å². The average Bonchev–Trinajstić information content (AvgIpc) is 3.43. The molecule has 0 saturated heterocycles. The maximum absolute atomic E-state index is 11.7. The topological polar surface area (TPSA) is 158 Å². The Labute approximate surface area is 224 Å². The lowest BCUT2D eigenvalue weighted by molar-refractivity contribution is -0.384. The molecule has 2 N–H and O–H groups in total. The molecule has 38 heavy (non-hydrogen) atoms. The lowest BCUT2D eigenvalue weighted by Gasteiger charge is -2.06. The number of rotatable bonds is 6. The molecule has 2 aromatic carbocycles. The number of nitrogens with zero attached hydrogens (tertiary/aromatic N) is 4. The van der Waals surface area contributed by atoms with Crippen LogP contribution in [0, 0.1) is 68.6 Å². The van der Waals surface area contributed by atoms with E-state index in [9.17, 15) is 30.8 Å². The molecule has 4 aromatic rings. The number of hydrogen-bond donors (Lipinski definition) is 2. The molecule has 0 saturated carbocycles. The number of thiophene rings is 2. The molecule has 10 nitrogen and oxygen atoms in total. The van der Waals surface area contributed by atoms with Crippen LogP contribution >= 0.6 is 22.7 Å². The Hall–Kier alpha value is -5.22. The number of benzene rings is 2. The summed E-state index contributed by atoms with van der Waals surface area (Å²) >= 11 is 2.63. The zero-order valence-corrected chi connectivity index (χ0v) is 21.5. The summed E-state index contributed by atoms with van der Waals surface area (Å²) in [6, 6.07) is 16.3. The van der Waals surface area contributed by atoms with E-state index in [4.69, 9.17) is 0 Å². The lowest BCUT2D eigenvalue weighted by atomic mass is 10.1. The molecule has 0 atom stereocenters. The minimum absolute atomic E-state index is 0.213. The van der Waals surface area contributed by atoms with Crippen molar-refractivity contribution in [2.45, 2.75) is 13.8 Å². The van der Waals surface area contributed by atoms with Crippen LogP contribution in [-0.4, -0.2) is 9.85 Å². The van der Waals surface area contributed by atoms with Crippen molar-refractivity contribution in [3.8, 4) is 24.0 Å². The number of anilines is 4. The second-order valence-corrected chi connectivity index (χ2v) is 10.4. The molecular weight excluding hydrogens is 524 g/mol. The first kappa shape index (κ1) is 25.9. The fraction of sp³-hybridized carbons (Fsp3) is 0.0769. The minimum Gasteiger partial charge on any atom is -0.341 e. The van der Waals surface area contributed by atoms with E-state index >= 15 is 0 Å².